The highest BCUT2D eigenvalue weighted by molar-refractivity contribution is 7.25. The van der Waals surface area contributed by atoms with Crippen molar-refractivity contribution in [3.63, 3.8) is 0 Å². The summed E-state index contributed by atoms with van der Waals surface area (Å²) in [6, 6.07) is 79.1. The zero-order valence-electron chi connectivity index (χ0n) is 33.6. The molecule has 9 aromatic carbocycles. The molecule has 1 heterocycles. The molecule has 2 aliphatic carbocycles. The molecule has 2 unspecified atom stereocenters. The third-order valence-electron chi connectivity index (χ3n) is 13.7. The Hall–Kier alpha value is -7.00. The number of thiophene rings is 1. The number of hydrogen-bond donors (Lipinski definition) is 0. The number of rotatable bonds is 6. The Bertz CT molecular complexity index is 3140. The van der Waals surface area contributed by atoms with Crippen LogP contribution in [0.25, 0.3) is 53.6 Å². The molecule has 0 bridgehead atoms. The molecule has 10 aromatic rings. The molecule has 0 N–H and O–H groups in total. The average Bonchev–Trinajstić information content (AvgIpc) is 3.92. The summed E-state index contributed by atoms with van der Waals surface area (Å²) in [5.74, 6) is 0. The third-order valence-corrected chi connectivity index (χ3v) is 14.8. The molecule has 0 spiro atoms. The van der Waals surface area contributed by atoms with Gasteiger partial charge in [-0.25, -0.2) is 0 Å². The SMILES string of the molecule is CC1(c2ccccc2)c2ccccc2-c2cc(N(c3ccc(-c4cccc5sc6ccccc6c45)cc3)c3ccc4c(c3)-c3ccccc3C4(C)c3ccccc3)ccc21. The molecule has 2 atom stereocenters. The van der Waals surface area contributed by atoms with Crippen molar-refractivity contribution in [2.75, 3.05) is 4.90 Å². The summed E-state index contributed by atoms with van der Waals surface area (Å²) in [5.41, 5.74) is 18.5. The van der Waals surface area contributed by atoms with Gasteiger partial charge in [-0.05, 0) is 129 Å². The molecule has 60 heavy (non-hydrogen) atoms. The molecule has 0 radical (unpaired) electrons. The summed E-state index contributed by atoms with van der Waals surface area (Å²) in [7, 11) is 0. The van der Waals surface area contributed by atoms with E-state index in [9.17, 15) is 0 Å². The lowest BCUT2D eigenvalue weighted by Crippen LogP contribution is -2.22. The van der Waals surface area contributed by atoms with Crippen LogP contribution in [0, 0.1) is 0 Å². The second-order valence-corrected chi connectivity index (χ2v) is 17.8. The van der Waals surface area contributed by atoms with Gasteiger partial charge < -0.3 is 4.90 Å². The topological polar surface area (TPSA) is 3.24 Å². The first kappa shape index (κ1) is 35.0. The van der Waals surface area contributed by atoms with Crippen LogP contribution in [0.1, 0.15) is 47.2 Å². The van der Waals surface area contributed by atoms with Crippen LogP contribution >= 0.6 is 11.3 Å². The first-order valence-corrected chi connectivity index (χ1v) is 21.7. The van der Waals surface area contributed by atoms with Crippen LogP contribution in [-0.4, -0.2) is 0 Å². The molecule has 0 aliphatic heterocycles. The van der Waals surface area contributed by atoms with Crippen LogP contribution in [0.4, 0.5) is 17.1 Å². The molecule has 0 saturated carbocycles. The molecular formula is C58H41NS. The van der Waals surface area contributed by atoms with Crippen LogP contribution in [0.2, 0.25) is 0 Å². The van der Waals surface area contributed by atoms with E-state index in [0.29, 0.717) is 0 Å². The van der Waals surface area contributed by atoms with E-state index in [0.717, 1.165) is 17.1 Å². The molecule has 1 aromatic heterocycles. The quantitative estimate of drug-likeness (QED) is 0.162. The van der Waals surface area contributed by atoms with Gasteiger partial charge in [0.1, 0.15) is 0 Å². The zero-order valence-corrected chi connectivity index (χ0v) is 34.4. The van der Waals surface area contributed by atoms with Crippen molar-refractivity contribution >= 4 is 48.6 Å². The lowest BCUT2D eigenvalue weighted by Gasteiger charge is -2.30. The Morgan fingerprint density at radius 3 is 1.38 bits per heavy atom. The van der Waals surface area contributed by atoms with E-state index in [1.54, 1.807) is 0 Å². The van der Waals surface area contributed by atoms with Crippen molar-refractivity contribution in [3.8, 4) is 33.4 Å². The number of benzene rings is 9. The summed E-state index contributed by atoms with van der Waals surface area (Å²) in [6.07, 6.45) is 0. The van der Waals surface area contributed by atoms with Gasteiger partial charge in [0, 0.05) is 48.1 Å². The molecular weight excluding hydrogens is 743 g/mol. The Kier molecular flexibility index (Phi) is 7.73. The van der Waals surface area contributed by atoms with Crippen molar-refractivity contribution in [1.82, 2.24) is 0 Å². The van der Waals surface area contributed by atoms with Gasteiger partial charge >= 0.3 is 0 Å². The van der Waals surface area contributed by atoms with Gasteiger partial charge in [0.2, 0.25) is 0 Å². The molecule has 2 aliphatic rings. The third kappa shape index (κ3) is 4.98. The molecule has 12 rings (SSSR count). The number of hydrogen-bond acceptors (Lipinski definition) is 2. The fourth-order valence-corrected chi connectivity index (χ4v) is 11.8. The van der Waals surface area contributed by atoms with Crippen molar-refractivity contribution in [2.45, 2.75) is 24.7 Å². The van der Waals surface area contributed by atoms with E-state index in [1.165, 1.54) is 86.9 Å². The summed E-state index contributed by atoms with van der Waals surface area (Å²) < 4.78 is 2.65. The van der Waals surface area contributed by atoms with E-state index >= 15 is 0 Å². The molecule has 0 amide bonds. The Labute approximate surface area is 355 Å². The van der Waals surface area contributed by atoms with Gasteiger partial charge in [-0.2, -0.15) is 0 Å². The minimum Gasteiger partial charge on any atom is -0.310 e. The van der Waals surface area contributed by atoms with Crippen LogP contribution in [0.5, 0.6) is 0 Å². The van der Waals surface area contributed by atoms with E-state index in [1.807, 2.05) is 11.3 Å². The normalized spacial score (nSPS) is 17.3. The van der Waals surface area contributed by atoms with E-state index < -0.39 is 0 Å². The number of nitrogens with zero attached hydrogens (tertiary/aromatic N) is 1. The van der Waals surface area contributed by atoms with Gasteiger partial charge in [-0.1, -0.05) is 164 Å². The van der Waals surface area contributed by atoms with E-state index in [4.69, 9.17) is 0 Å². The van der Waals surface area contributed by atoms with Crippen molar-refractivity contribution in [3.05, 3.63) is 246 Å². The van der Waals surface area contributed by atoms with Crippen molar-refractivity contribution in [2.24, 2.45) is 0 Å². The van der Waals surface area contributed by atoms with E-state index in [2.05, 4.69) is 231 Å². The monoisotopic (exact) mass is 783 g/mol. The molecule has 284 valence electrons. The lowest BCUT2D eigenvalue weighted by molar-refractivity contribution is 0.714. The van der Waals surface area contributed by atoms with Gasteiger partial charge in [-0.3, -0.25) is 0 Å². The Morgan fingerprint density at radius 2 is 0.800 bits per heavy atom. The summed E-state index contributed by atoms with van der Waals surface area (Å²) in [6.45, 7) is 4.78. The second-order valence-electron chi connectivity index (χ2n) is 16.7. The molecule has 2 heteroatoms. The number of fused-ring (bicyclic) bond motifs is 9. The maximum atomic E-state index is 2.46. The highest BCUT2D eigenvalue weighted by atomic mass is 32.1. The van der Waals surface area contributed by atoms with Crippen molar-refractivity contribution < 1.29 is 0 Å². The predicted octanol–water partition coefficient (Wildman–Crippen LogP) is 15.9. The molecule has 0 fully saturated rings. The zero-order chi connectivity index (χ0) is 40.0. The van der Waals surface area contributed by atoms with Crippen LogP contribution in [-0.2, 0) is 10.8 Å². The first-order chi connectivity index (χ1) is 29.5. The van der Waals surface area contributed by atoms with E-state index in [-0.39, 0.29) is 10.8 Å². The Morgan fingerprint density at radius 1 is 0.350 bits per heavy atom. The molecule has 0 saturated heterocycles. The Balaban J connectivity index is 1.05. The fraction of sp³-hybridized carbons (Fsp3) is 0.0690. The largest absolute Gasteiger partial charge is 0.310 e. The lowest BCUT2D eigenvalue weighted by atomic mass is 9.74. The van der Waals surface area contributed by atoms with Gasteiger partial charge in [0.05, 0.1) is 0 Å². The van der Waals surface area contributed by atoms with Crippen LogP contribution in [0.15, 0.2) is 212 Å². The fourth-order valence-electron chi connectivity index (χ4n) is 10.7. The van der Waals surface area contributed by atoms with Crippen LogP contribution < -0.4 is 4.90 Å². The number of anilines is 3. The smallest absolute Gasteiger partial charge is 0.0468 e. The minimum atomic E-state index is -0.260. The first-order valence-electron chi connectivity index (χ1n) is 20.9. The van der Waals surface area contributed by atoms with Gasteiger partial charge in [0.15, 0.2) is 0 Å². The highest BCUT2D eigenvalue weighted by Crippen LogP contribution is 2.56. The van der Waals surface area contributed by atoms with Gasteiger partial charge in [-0.15, -0.1) is 11.3 Å². The van der Waals surface area contributed by atoms with Crippen LogP contribution in [0.3, 0.4) is 0 Å². The standard InChI is InChI=1S/C58H41NS/c1-57(39-16-5-3-6-17-39)50-24-12-9-20-45(50)48-36-42(32-34-52(48)57)59(41-30-28-38(29-31-41)44-23-15-27-55-56(44)47-22-11-14-26-54(47)60-55)43-33-35-53-49(37-43)46-21-10-13-25-51(46)58(53,2)40-18-7-4-8-19-40/h3-37H,1-2H3. The van der Waals surface area contributed by atoms with Gasteiger partial charge in [0.25, 0.3) is 0 Å². The maximum Gasteiger partial charge on any atom is 0.0468 e. The predicted molar refractivity (Wildman–Crippen MR) is 254 cm³/mol. The minimum absolute atomic E-state index is 0.260. The second kappa shape index (κ2) is 13.3. The maximum absolute atomic E-state index is 2.46. The summed E-state index contributed by atoms with van der Waals surface area (Å²) in [5, 5.41) is 2.65. The summed E-state index contributed by atoms with van der Waals surface area (Å²) >= 11 is 1.87. The molecule has 1 nitrogen and oxygen atoms in total. The highest BCUT2D eigenvalue weighted by Gasteiger charge is 2.42. The average molecular weight is 784 g/mol. The summed E-state index contributed by atoms with van der Waals surface area (Å²) in [4.78, 5) is 2.46. The van der Waals surface area contributed by atoms with Crippen molar-refractivity contribution in [1.29, 1.82) is 0 Å².